The van der Waals surface area contributed by atoms with Gasteiger partial charge in [0.05, 0.1) is 20.2 Å². The van der Waals surface area contributed by atoms with Gasteiger partial charge >= 0.3 is 12.0 Å². The van der Waals surface area contributed by atoms with E-state index in [-0.39, 0.29) is 23.7 Å². The molecule has 3 aromatic rings. The van der Waals surface area contributed by atoms with Crippen LogP contribution in [-0.4, -0.2) is 28.9 Å². The molecule has 0 atom stereocenters. The van der Waals surface area contributed by atoms with Crippen molar-refractivity contribution in [1.82, 2.24) is 5.32 Å². The zero-order valence-corrected chi connectivity index (χ0v) is 23.5. The number of halogens is 2. The van der Waals surface area contributed by atoms with Crippen LogP contribution in [0.1, 0.15) is 46.8 Å². The number of imide groups is 2. The van der Waals surface area contributed by atoms with Crippen LogP contribution >= 0.6 is 31.9 Å². The fraction of sp³-hybridized carbons (Fsp3) is 0.143. The molecular weight excluding hydrogens is 620 g/mol. The molecule has 1 heterocycles. The van der Waals surface area contributed by atoms with E-state index < -0.39 is 23.8 Å². The number of carboxylic acids is 1. The van der Waals surface area contributed by atoms with Crippen LogP contribution in [-0.2, 0) is 16.2 Å². The first-order chi connectivity index (χ1) is 18.0. The fourth-order valence-corrected chi connectivity index (χ4v) is 5.22. The van der Waals surface area contributed by atoms with E-state index in [0.29, 0.717) is 25.9 Å². The van der Waals surface area contributed by atoms with Crippen molar-refractivity contribution >= 4 is 67.4 Å². The van der Waals surface area contributed by atoms with E-state index in [1.165, 1.54) is 18.2 Å². The van der Waals surface area contributed by atoms with Crippen LogP contribution in [0.4, 0.5) is 10.5 Å². The second kappa shape index (κ2) is 11.3. The van der Waals surface area contributed by atoms with E-state index in [9.17, 15) is 19.2 Å². The number of ether oxygens (including phenoxy) is 1. The van der Waals surface area contributed by atoms with E-state index in [1.807, 2.05) is 26.0 Å². The van der Waals surface area contributed by atoms with Gasteiger partial charge in [-0.05, 0) is 96.9 Å². The summed E-state index contributed by atoms with van der Waals surface area (Å²) in [6, 6.07) is 15.9. The SMILES string of the molecule is CC(C)c1ccc(N2C(=O)NC(=O)C(=Cc3cc(Br)c(OCc4ccc(C(=O)O)cc4)c(Br)c3)C2=O)cc1. The van der Waals surface area contributed by atoms with Gasteiger partial charge in [-0.2, -0.15) is 0 Å². The van der Waals surface area contributed by atoms with Gasteiger partial charge in [0.25, 0.3) is 11.8 Å². The molecule has 1 saturated heterocycles. The predicted molar refractivity (Wildman–Crippen MR) is 149 cm³/mol. The molecule has 0 bridgehead atoms. The zero-order valence-electron chi connectivity index (χ0n) is 20.3. The Morgan fingerprint density at radius 1 is 1.00 bits per heavy atom. The molecule has 0 aromatic heterocycles. The summed E-state index contributed by atoms with van der Waals surface area (Å²) in [6.07, 6.45) is 1.41. The van der Waals surface area contributed by atoms with Gasteiger partial charge in [-0.3, -0.25) is 14.9 Å². The highest BCUT2D eigenvalue weighted by molar-refractivity contribution is 9.11. The van der Waals surface area contributed by atoms with Crippen molar-refractivity contribution in [2.24, 2.45) is 0 Å². The van der Waals surface area contributed by atoms with Crippen LogP contribution < -0.4 is 15.0 Å². The number of hydrogen-bond donors (Lipinski definition) is 2. The van der Waals surface area contributed by atoms with Crippen molar-refractivity contribution < 1.29 is 29.0 Å². The number of amides is 4. The Morgan fingerprint density at radius 2 is 1.61 bits per heavy atom. The van der Waals surface area contributed by atoms with Crippen molar-refractivity contribution in [1.29, 1.82) is 0 Å². The minimum absolute atomic E-state index is 0.183. The first kappa shape index (κ1) is 27.3. The van der Waals surface area contributed by atoms with Crippen LogP contribution in [0.5, 0.6) is 5.75 Å². The fourth-order valence-electron chi connectivity index (χ4n) is 3.77. The van der Waals surface area contributed by atoms with Crippen molar-refractivity contribution in [3.63, 3.8) is 0 Å². The molecule has 3 aromatic carbocycles. The van der Waals surface area contributed by atoms with Gasteiger partial charge in [-0.15, -0.1) is 0 Å². The Hall–Kier alpha value is -3.76. The Bertz CT molecular complexity index is 1440. The first-order valence-corrected chi connectivity index (χ1v) is 13.1. The van der Waals surface area contributed by atoms with Crippen LogP contribution in [0.15, 0.2) is 75.2 Å². The maximum atomic E-state index is 13.2. The van der Waals surface area contributed by atoms with Crippen LogP contribution in [0.25, 0.3) is 6.08 Å². The quantitative estimate of drug-likeness (QED) is 0.232. The average Bonchev–Trinajstić information content (AvgIpc) is 2.86. The number of rotatable bonds is 7. The second-order valence-electron chi connectivity index (χ2n) is 8.81. The predicted octanol–water partition coefficient (Wildman–Crippen LogP) is 6.28. The van der Waals surface area contributed by atoms with Crippen molar-refractivity contribution in [3.8, 4) is 5.75 Å². The molecule has 1 aliphatic rings. The van der Waals surface area contributed by atoms with Gasteiger partial charge in [0.1, 0.15) is 17.9 Å². The number of benzene rings is 3. The smallest absolute Gasteiger partial charge is 0.335 e. The molecule has 10 heteroatoms. The molecule has 38 heavy (non-hydrogen) atoms. The molecule has 0 radical (unpaired) electrons. The number of urea groups is 1. The summed E-state index contributed by atoms with van der Waals surface area (Å²) in [6.45, 7) is 4.27. The minimum Gasteiger partial charge on any atom is -0.487 e. The molecule has 0 spiro atoms. The number of carbonyl (C=O) groups excluding carboxylic acids is 3. The summed E-state index contributed by atoms with van der Waals surface area (Å²) in [7, 11) is 0. The monoisotopic (exact) mass is 640 g/mol. The maximum absolute atomic E-state index is 13.2. The largest absolute Gasteiger partial charge is 0.487 e. The lowest BCUT2D eigenvalue weighted by Gasteiger charge is -2.26. The molecule has 1 aliphatic heterocycles. The second-order valence-corrected chi connectivity index (χ2v) is 10.5. The van der Waals surface area contributed by atoms with Gasteiger partial charge in [0.15, 0.2) is 0 Å². The Balaban J connectivity index is 1.56. The lowest BCUT2D eigenvalue weighted by Crippen LogP contribution is -2.54. The Kier molecular flexibility index (Phi) is 8.13. The van der Waals surface area contributed by atoms with Gasteiger partial charge < -0.3 is 9.84 Å². The molecule has 194 valence electrons. The number of nitrogens with zero attached hydrogens (tertiary/aromatic N) is 1. The molecule has 1 fully saturated rings. The molecule has 0 unspecified atom stereocenters. The van der Waals surface area contributed by atoms with E-state index in [1.54, 1.807) is 36.4 Å². The molecule has 4 rings (SSSR count). The highest BCUT2D eigenvalue weighted by atomic mass is 79.9. The van der Waals surface area contributed by atoms with E-state index in [0.717, 1.165) is 16.0 Å². The lowest BCUT2D eigenvalue weighted by molar-refractivity contribution is -0.122. The van der Waals surface area contributed by atoms with Gasteiger partial charge in [0, 0.05) is 0 Å². The van der Waals surface area contributed by atoms with Crippen LogP contribution in [0.3, 0.4) is 0 Å². The number of carbonyl (C=O) groups is 4. The highest BCUT2D eigenvalue weighted by Crippen LogP contribution is 2.36. The zero-order chi connectivity index (χ0) is 27.6. The van der Waals surface area contributed by atoms with Crippen molar-refractivity contribution in [2.45, 2.75) is 26.4 Å². The summed E-state index contributed by atoms with van der Waals surface area (Å²) < 4.78 is 7.01. The number of carboxylic acid groups (broad SMARTS) is 1. The molecule has 4 amide bonds. The van der Waals surface area contributed by atoms with Crippen LogP contribution in [0.2, 0.25) is 0 Å². The van der Waals surface area contributed by atoms with Crippen molar-refractivity contribution in [3.05, 3.63) is 97.4 Å². The van der Waals surface area contributed by atoms with E-state index >= 15 is 0 Å². The van der Waals surface area contributed by atoms with Gasteiger partial charge in [0.2, 0.25) is 0 Å². The van der Waals surface area contributed by atoms with Crippen molar-refractivity contribution in [2.75, 3.05) is 4.90 Å². The number of hydrogen-bond acceptors (Lipinski definition) is 5. The lowest BCUT2D eigenvalue weighted by atomic mass is 10.0. The number of aromatic carboxylic acids is 1. The van der Waals surface area contributed by atoms with Crippen LogP contribution in [0, 0.1) is 0 Å². The third kappa shape index (κ3) is 5.87. The highest BCUT2D eigenvalue weighted by Gasteiger charge is 2.36. The summed E-state index contributed by atoms with van der Waals surface area (Å²) in [4.78, 5) is 50.3. The molecule has 8 nitrogen and oxygen atoms in total. The van der Waals surface area contributed by atoms with E-state index in [2.05, 4.69) is 37.2 Å². The summed E-state index contributed by atoms with van der Waals surface area (Å²) in [5, 5.41) is 11.3. The van der Waals surface area contributed by atoms with Gasteiger partial charge in [-0.1, -0.05) is 38.1 Å². The average molecular weight is 642 g/mol. The summed E-state index contributed by atoms with van der Waals surface area (Å²) in [5.74, 6) is -1.75. The minimum atomic E-state index is -1.01. The summed E-state index contributed by atoms with van der Waals surface area (Å²) in [5.41, 5.74) is 2.70. The topological polar surface area (TPSA) is 113 Å². The molecule has 2 N–H and O–H groups in total. The third-order valence-electron chi connectivity index (χ3n) is 5.84. The number of nitrogens with one attached hydrogen (secondary N) is 1. The number of barbiturate groups is 1. The normalized spacial score (nSPS) is 14.7. The molecular formula is C28H22Br2N2O6. The first-order valence-electron chi connectivity index (χ1n) is 11.5. The van der Waals surface area contributed by atoms with Gasteiger partial charge in [-0.25, -0.2) is 14.5 Å². The molecule has 0 saturated carbocycles. The maximum Gasteiger partial charge on any atom is 0.335 e. The summed E-state index contributed by atoms with van der Waals surface area (Å²) >= 11 is 6.92. The Morgan fingerprint density at radius 3 is 2.16 bits per heavy atom. The molecule has 0 aliphatic carbocycles. The Labute approximate surface area is 235 Å². The van der Waals surface area contributed by atoms with E-state index in [4.69, 9.17) is 9.84 Å². The standard InChI is InChI=1S/C28H22Br2N2O6/c1-15(2)18-7-9-20(10-8-18)32-26(34)21(25(33)31-28(32)37)11-17-12-22(29)24(23(30)13-17)38-14-16-3-5-19(6-4-16)27(35)36/h3-13,15H,14H2,1-2H3,(H,35,36)(H,31,33,37). The third-order valence-corrected chi connectivity index (χ3v) is 7.01. The number of anilines is 1.